The van der Waals surface area contributed by atoms with E-state index >= 15 is 0 Å². The van der Waals surface area contributed by atoms with E-state index in [2.05, 4.69) is 20.5 Å². The molecule has 1 unspecified atom stereocenters. The van der Waals surface area contributed by atoms with Gasteiger partial charge >= 0.3 is 0 Å². The number of nitro groups is 1. The smallest absolute Gasteiger partial charge is 0.270 e. The zero-order valence-electron chi connectivity index (χ0n) is 10.3. The van der Waals surface area contributed by atoms with E-state index in [1.54, 1.807) is 6.92 Å². The molecule has 1 heterocycles. The number of nitrogens with one attached hydrogen (secondary N) is 2. The number of hydrogen-bond acceptors (Lipinski definition) is 5. The Labute approximate surface area is 118 Å². The van der Waals surface area contributed by atoms with Gasteiger partial charge in [-0.25, -0.2) is 4.98 Å². The maximum Gasteiger partial charge on any atom is 0.270 e. The Morgan fingerprint density at radius 3 is 2.90 bits per heavy atom. The second kappa shape index (κ2) is 5.66. The summed E-state index contributed by atoms with van der Waals surface area (Å²) in [5, 5.41) is 19.8. The number of non-ortho nitro benzene ring substituents is 1. The van der Waals surface area contributed by atoms with Gasteiger partial charge in [-0.3, -0.25) is 20.0 Å². The summed E-state index contributed by atoms with van der Waals surface area (Å²) < 4.78 is 0. The van der Waals surface area contributed by atoms with Crippen LogP contribution in [0.5, 0.6) is 0 Å². The van der Waals surface area contributed by atoms with Gasteiger partial charge in [0.2, 0.25) is 0 Å². The molecule has 0 aliphatic heterocycles. The molecular formula is C11H10ClN5O3. The predicted molar refractivity (Wildman–Crippen MR) is 70.4 cm³/mol. The van der Waals surface area contributed by atoms with Crippen molar-refractivity contribution >= 4 is 23.2 Å². The molecule has 0 aliphatic rings. The van der Waals surface area contributed by atoms with E-state index in [0.717, 1.165) is 6.07 Å². The second-order valence-electron chi connectivity index (χ2n) is 3.99. The van der Waals surface area contributed by atoms with Crippen LogP contribution in [0.3, 0.4) is 0 Å². The van der Waals surface area contributed by atoms with E-state index in [1.807, 2.05) is 0 Å². The Morgan fingerprint density at radius 2 is 2.30 bits per heavy atom. The standard InChI is InChI=1S/C11H10ClN5O3/c1-6(10-13-5-14-16-10)15-11(18)8-4-7(17(19)20)2-3-9(8)12/h2-6H,1H3,(H,15,18)(H,13,14,16). The normalized spacial score (nSPS) is 11.9. The number of aromatic nitrogens is 3. The topological polar surface area (TPSA) is 114 Å². The average molecular weight is 296 g/mol. The van der Waals surface area contributed by atoms with Crippen molar-refractivity contribution in [3.8, 4) is 0 Å². The number of nitrogens with zero attached hydrogens (tertiary/aromatic N) is 3. The van der Waals surface area contributed by atoms with Gasteiger partial charge in [0.25, 0.3) is 11.6 Å². The minimum atomic E-state index is -0.590. The number of hydrogen-bond donors (Lipinski definition) is 2. The van der Waals surface area contributed by atoms with Crippen LogP contribution in [0.1, 0.15) is 29.1 Å². The van der Waals surface area contributed by atoms with Crippen molar-refractivity contribution in [1.82, 2.24) is 20.5 Å². The number of benzene rings is 1. The van der Waals surface area contributed by atoms with Gasteiger partial charge in [0.05, 0.1) is 21.6 Å². The minimum absolute atomic E-state index is 0.0345. The summed E-state index contributed by atoms with van der Waals surface area (Å²) in [6.07, 6.45) is 1.32. The monoisotopic (exact) mass is 295 g/mol. The highest BCUT2D eigenvalue weighted by Gasteiger charge is 2.18. The molecule has 20 heavy (non-hydrogen) atoms. The summed E-state index contributed by atoms with van der Waals surface area (Å²) in [5.74, 6) is -0.0532. The maximum atomic E-state index is 12.1. The molecule has 0 aliphatic carbocycles. The maximum absolute atomic E-state index is 12.1. The molecule has 1 amide bonds. The Bertz CT molecular complexity index is 644. The minimum Gasteiger partial charge on any atom is -0.342 e. The van der Waals surface area contributed by atoms with Crippen molar-refractivity contribution < 1.29 is 9.72 Å². The van der Waals surface area contributed by atoms with Crippen LogP contribution in [0.2, 0.25) is 5.02 Å². The highest BCUT2D eigenvalue weighted by molar-refractivity contribution is 6.33. The molecular weight excluding hydrogens is 286 g/mol. The van der Waals surface area contributed by atoms with Gasteiger partial charge in [-0.2, -0.15) is 5.10 Å². The van der Waals surface area contributed by atoms with E-state index in [0.29, 0.717) is 5.82 Å². The molecule has 0 radical (unpaired) electrons. The molecule has 1 aromatic heterocycles. The molecule has 2 rings (SSSR count). The predicted octanol–water partition coefficient (Wildman–Crippen LogP) is 1.86. The molecule has 0 spiro atoms. The van der Waals surface area contributed by atoms with Crippen molar-refractivity contribution in [2.75, 3.05) is 0 Å². The Balaban J connectivity index is 2.20. The zero-order chi connectivity index (χ0) is 14.7. The van der Waals surface area contributed by atoms with Crippen LogP contribution in [0.25, 0.3) is 0 Å². The number of carbonyl (C=O) groups excluding carboxylic acids is 1. The number of H-pyrrole nitrogens is 1. The Morgan fingerprint density at radius 1 is 1.55 bits per heavy atom. The van der Waals surface area contributed by atoms with Crippen molar-refractivity contribution in [3.63, 3.8) is 0 Å². The summed E-state index contributed by atoms with van der Waals surface area (Å²) in [5.41, 5.74) is -0.167. The van der Waals surface area contributed by atoms with E-state index in [1.165, 1.54) is 18.5 Å². The molecule has 8 nitrogen and oxygen atoms in total. The molecule has 1 atom stereocenters. The number of nitro benzene ring substituents is 1. The molecule has 0 saturated heterocycles. The lowest BCUT2D eigenvalue weighted by Gasteiger charge is -2.11. The van der Waals surface area contributed by atoms with Crippen molar-refractivity contribution in [2.45, 2.75) is 13.0 Å². The third-order valence-corrected chi connectivity index (χ3v) is 2.93. The third-order valence-electron chi connectivity index (χ3n) is 2.60. The van der Waals surface area contributed by atoms with E-state index < -0.39 is 16.9 Å². The van der Waals surface area contributed by atoms with Gasteiger partial charge in [0.1, 0.15) is 12.2 Å². The fourth-order valence-electron chi connectivity index (χ4n) is 1.57. The summed E-state index contributed by atoms with van der Waals surface area (Å²) in [4.78, 5) is 26.1. The van der Waals surface area contributed by atoms with Gasteiger partial charge in [0, 0.05) is 12.1 Å². The van der Waals surface area contributed by atoms with Crippen LogP contribution in [-0.4, -0.2) is 26.0 Å². The lowest BCUT2D eigenvalue weighted by molar-refractivity contribution is -0.384. The Hall–Kier alpha value is -2.48. The first-order chi connectivity index (χ1) is 9.49. The number of halogens is 1. The van der Waals surface area contributed by atoms with Crippen LogP contribution in [0.4, 0.5) is 5.69 Å². The summed E-state index contributed by atoms with van der Waals surface area (Å²) in [6, 6.07) is 3.25. The van der Waals surface area contributed by atoms with Crippen LogP contribution >= 0.6 is 11.6 Å². The number of rotatable bonds is 4. The second-order valence-corrected chi connectivity index (χ2v) is 4.39. The van der Waals surface area contributed by atoms with Crippen LogP contribution in [-0.2, 0) is 0 Å². The Kier molecular flexibility index (Phi) is 3.94. The SMILES string of the molecule is CC(NC(=O)c1cc([N+](=O)[O-])ccc1Cl)c1ncn[nH]1. The van der Waals surface area contributed by atoms with E-state index in [-0.39, 0.29) is 16.3 Å². The van der Waals surface area contributed by atoms with Gasteiger partial charge in [-0.15, -0.1) is 0 Å². The average Bonchev–Trinajstić information content (AvgIpc) is 2.92. The number of aromatic amines is 1. The first kappa shape index (κ1) is 13.9. The molecule has 2 N–H and O–H groups in total. The highest BCUT2D eigenvalue weighted by Crippen LogP contribution is 2.22. The summed E-state index contributed by atoms with van der Waals surface area (Å²) in [7, 11) is 0. The quantitative estimate of drug-likeness (QED) is 0.660. The van der Waals surface area contributed by atoms with Gasteiger partial charge in [0.15, 0.2) is 0 Å². The lowest BCUT2D eigenvalue weighted by Crippen LogP contribution is -2.27. The molecule has 0 bridgehead atoms. The van der Waals surface area contributed by atoms with E-state index in [4.69, 9.17) is 11.6 Å². The van der Waals surface area contributed by atoms with Crippen LogP contribution in [0, 0.1) is 10.1 Å². The van der Waals surface area contributed by atoms with Gasteiger partial charge in [-0.1, -0.05) is 11.6 Å². The summed E-state index contributed by atoms with van der Waals surface area (Å²) in [6.45, 7) is 1.70. The molecule has 104 valence electrons. The third kappa shape index (κ3) is 2.91. The first-order valence-electron chi connectivity index (χ1n) is 5.59. The van der Waals surface area contributed by atoms with Crippen LogP contribution < -0.4 is 5.32 Å². The van der Waals surface area contributed by atoms with Crippen molar-refractivity contribution in [3.05, 3.63) is 51.1 Å². The lowest BCUT2D eigenvalue weighted by atomic mass is 10.1. The van der Waals surface area contributed by atoms with Crippen molar-refractivity contribution in [2.24, 2.45) is 0 Å². The number of carbonyl (C=O) groups is 1. The zero-order valence-corrected chi connectivity index (χ0v) is 11.1. The fraction of sp³-hybridized carbons (Fsp3) is 0.182. The van der Waals surface area contributed by atoms with Gasteiger partial charge in [-0.05, 0) is 13.0 Å². The van der Waals surface area contributed by atoms with E-state index in [9.17, 15) is 14.9 Å². The number of amides is 1. The van der Waals surface area contributed by atoms with Gasteiger partial charge < -0.3 is 5.32 Å². The molecule has 2 aromatic rings. The largest absolute Gasteiger partial charge is 0.342 e. The van der Waals surface area contributed by atoms with Crippen molar-refractivity contribution in [1.29, 1.82) is 0 Å². The van der Waals surface area contributed by atoms with Crippen LogP contribution in [0.15, 0.2) is 24.5 Å². The first-order valence-corrected chi connectivity index (χ1v) is 5.97. The molecule has 1 aromatic carbocycles. The summed E-state index contributed by atoms with van der Waals surface area (Å²) >= 11 is 5.88. The fourth-order valence-corrected chi connectivity index (χ4v) is 1.77. The molecule has 9 heteroatoms. The highest BCUT2D eigenvalue weighted by atomic mass is 35.5. The molecule has 0 fully saturated rings. The molecule has 0 saturated carbocycles.